The molecule has 1 aromatic rings. The van der Waals surface area contributed by atoms with Crippen molar-refractivity contribution in [3.63, 3.8) is 0 Å². The summed E-state index contributed by atoms with van der Waals surface area (Å²) in [5, 5.41) is 8.57. The third kappa shape index (κ3) is 6.61. The molecule has 3 amide bonds. The summed E-state index contributed by atoms with van der Waals surface area (Å²) in [7, 11) is 0. The van der Waals surface area contributed by atoms with E-state index in [0.29, 0.717) is 17.8 Å². The molecule has 25 heavy (non-hydrogen) atoms. The molecule has 1 aliphatic carbocycles. The first-order valence-electron chi connectivity index (χ1n) is 8.99. The molecule has 136 valence electrons. The fourth-order valence-electron chi connectivity index (χ4n) is 2.83. The lowest BCUT2D eigenvalue weighted by Crippen LogP contribution is -2.41. The Balaban J connectivity index is 1.89. The minimum Gasteiger partial charge on any atom is -0.347 e. The van der Waals surface area contributed by atoms with Crippen molar-refractivity contribution < 1.29 is 9.59 Å². The molecule has 0 aromatic heterocycles. The monoisotopic (exact) mass is 343 g/mol. The first-order chi connectivity index (χ1) is 11.8. The summed E-state index contributed by atoms with van der Waals surface area (Å²) in [5.74, 6) is -0.198. The van der Waals surface area contributed by atoms with E-state index in [2.05, 4.69) is 22.0 Å². The quantitative estimate of drug-likeness (QED) is 0.700. The smallest absolute Gasteiger partial charge is 0.319 e. The average molecular weight is 343 g/mol. The molecule has 0 saturated heterocycles. The zero-order valence-corrected chi connectivity index (χ0v) is 15.4. The van der Waals surface area contributed by atoms with Crippen molar-refractivity contribution in [1.29, 1.82) is 0 Å². The van der Waals surface area contributed by atoms with Gasteiger partial charge in [0.25, 0.3) is 5.91 Å². The normalized spacial score (nSPS) is 14.4. The van der Waals surface area contributed by atoms with E-state index in [0.717, 1.165) is 19.3 Å². The minimum absolute atomic E-state index is 0.198. The van der Waals surface area contributed by atoms with Crippen LogP contribution >= 0.6 is 0 Å². The van der Waals surface area contributed by atoms with E-state index in [1.165, 1.54) is 18.4 Å². The van der Waals surface area contributed by atoms with Gasteiger partial charge in [-0.1, -0.05) is 23.8 Å². The molecule has 1 aromatic carbocycles. The standard InChI is InChI=1S/C20H29N3O2/c1-20(2,3)23-18(24)16-11-7-8-12-17(16)22-19(25)21-14-13-15-9-5-4-6-10-15/h7-9,11-12H,4-6,10,13-14H2,1-3H3,(H,23,24)(H2,21,22,25). The fraction of sp³-hybridized carbons (Fsp3) is 0.500. The molecule has 0 aliphatic heterocycles. The second-order valence-corrected chi connectivity index (χ2v) is 7.49. The predicted molar refractivity (Wildman–Crippen MR) is 102 cm³/mol. The summed E-state index contributed by atoms with van der Waals surface area (Å²) >= 11 is 0. The lowest BCUT2D eigenvalue weighted by atomic mass is 9.97. The van der Waals surface area contributed by atoms with Crippen molar-refractivity contribution >= 4 is 17.6 Å². The lowest BCUT2D eigenvalue weighted by molar-refractivity contribution is 0.0920. The Labute approximate surface area is 150 Å². The number of hydrogen-bond donors (Lipinski definition) is 3. The van der Waals surface area contributed by atoms with Crippen molar-refractivity contribution in [3.8, 4) is 0 Å². The molecule has 0 heterocycles. The molecule has 5 nitrogen and oxygen atoms in total. The van der Waals surface area contributed by atoms with Crippen LogP contribution in [0.25, 0.3) is 0 Å². The molecule has 0 unspecified atom stereocenters. The number of para-hydroxylation sites is 1. The van der Waals surface area contributed by atoms with Gasteiger partial charge in [0, 0.05) is 12.1 Å². The number of hydrogen-bond acceptors (Lipinski definition) is 2. The number of nitrogens with one attached hydrogen (secondary N) is 3. The van der Waals surface area contributed by atoms with E-state index in [-0.39, 0.29) is 17.5 Å². The van der Waals surface area contributed by atoms with E-state index >= 15 is 0 Å². The maximum absolute atomic E-state index is 12.4. The van der Waals surface area contributed by atoms with E-state index in [4.69, 9.17) is 0 Å². The molecule has 0 spiro atoms. The number of anilines is 1. The first kappa shape index (κ1) is 19.0. The van der Waals surface area contributed by atoms with E-state index in [1.54, 1.807) is 24.3 Å². The van der Waals surface area contributed by atoms with Gasteiger partial charge in [-0.25, -0.2) is 4.79 Å². The Bertz CT molecular complexity index is 645. The van der Waals surface area contributed by atoms with Gasteiger partial charge in [-0.15, -0.1) is 0 Å². The number of urea groups is 1. The topological polar surface area (TPSA) is 70.2 Å². The molecule has 0 bridgehead atoms. The number of benzene rings is 1. The molecule has 0 fully saturated rings. The zero-order valence-electron chi connectivity index (χ0n) is 15.4. The van der Waals surface area contributed by atoms with Crippen molar-refractivity contribution in [2.75, 3.05) is 11.9 Å². The summed E-state index contributed by atoms with van der Waals surface area (Å²) in [6.07, 6.45) is 7.98. The van der Waals surface area contributed by atoms with Crippen LogP contribution in [0.4, 0.5) is 10.5 Å². The molecule has 1 aliphatic rings. The summed E-state index contributed by atoms with van der Waals surface area (Å²) in [4.78, 5) is 24.5. The summed E-state index contributed by atoms with van der Waals surface area (Å²) in [5.41, 5.74) is 2.07. The van der Waals surface area contributed by atoms with Crippen LogP contribution in [0.3, 0.4) is 0 Å². The largest absolute Gasteiger partial charge is 0.347 e. The SMILES string of the molecule is CC(C)(C)NC(=O)c1ccccc1NC(=O)NCCC1=CCCCC1. The number of allylic oxidation sites excluding steroid dienone is 1. The van der Waals surface area contributed by atoms with Gasteiger partial charge in [0.15, 0.2) is 0 Å². The highest BCUT2D eigenvalue weighted by Gasteiger charge is 2.18. The Morgan fingerprint density at radius 2 is 1.88 bits per heavy atom. The van der Waals surface area contributed by atoms with Crippen LogP contribution in [0, 0.1) is 0 Å². The number of carbonyl (C=O) groups is 2. The zero-order chi connectivity index (χ0) is 18.3. The number of amides is 3. The van der Waals surface area contributed by atoms with Gasteiger partial charge in [-0.05, 0) is 65.0 Å². The molecule has 0 atom stereocenters. The second kappa shape index (κ2) is 8.70. The Morgan fingerprint density at radius 1 is 1.12 bits per heavy atom. The van der Waals surface area contributed by atoms with Gasteiger partial charge < -0.3 is 16.0 Å². The van der Waals surface area contributed by atoms with Crippen LogP contribution in [0.15, 0.2) is 35.9 Å². The highest BCUT2D eigenvalue weighted by Crippen LogP contribution is 2.19. The molecule has 3 N–H and O–H groups in total. The molecular formula is C20H29N3O2. The fourth-order valence-corrected chi connectivity index (χ4v) is 2.83. The Kier molecular flexibility index (Phi) is 6.62. The summed E-state index contributed by atoms with van der Waals surface area (Å²) in [6, 6.07) is 6.75. The first-order valence-corrected chi connectivity index (χ1v) is 8.99. The highest BCUT2D eigenvalue weighted by atomic mass is 16.2. The van der Waals surface area contributed by atoms with Gasteiger partial charge in [0.2, 0.25) is 0 Å². The van der Waals surface area contributed by atoms with Crippen LogP contribution in [0.1, 0.15) is 63.2 Å². The maximum Gasteiger partial charge on any atom is 0.319 e. The van der Waals surface area contributed by atoms with E-state index < -0.39 is 0 Å². The second-order valence-electron chi connectivity index (χ2n) is 7.49. The van der Waals surface area contributed by atoms with Crippen LogP contribution in [-0.4, -0.2) is 24.0 Å². The third-order valence-electron chi connectivity index (χ3n) is 4.03. The molecule has 0 radical (unpaired) electrons. The van der Waals surface area contributed by atoms with Crippen molar-refractivity contribution in [2.24, 2.45) is 0 Å². The summed E-state index contributed by atoms with van der Waals surface area (Å²) in [6.45, 7) is 6.38. The minimum atomic E-state index is -0.333. The van der Waals surface area contributed by atoms with Crippen LogP contribution in [0.5, 0.6) is 0 Å². The highest BCUT2D eigenvalue weighted by molar-refractivity contribution is 6.03. The Hall–Kier alpha value is -2.30. The predicted octanol–water partition coefficient (Wildman–Crippen LogP) is 4.23. The van der Waals surface area contributed by atoms with Gasteiger partial charge >= 0.3 is 6.03 Å². The van der Waals surface area contributed by atoms with Crippen molar-refractivity contribution in [2.45, 2.75) is 58.4 Å². The summed E-state index contributed by atoms with van der Waals surface area (Å²) < 4.78 is 0. The van der Waals surface area contributed by atoms with Crippen LogP contribution in [0.2, 0.25) is 0 Å². The van der Waals surface area contributed by atoms with Crippen LogP contribution < -0.4 is 16.0 Å². The average Bonchev–Trinajstić information content (AvgIpc) is 2.54. The van der Waals surface area contributed by atoms with Crippen molar-refractivity contribution in [1.82, 2.24) is 10.6 Å². The lowest BCUT2D eigenvalue weighted by Gasteiger charge is -2.21. The molecular weight excluding hydrogens is 314 g/mol. The molecule has 5 heteroatoms. The van der Waals surface area contributed by atoms with Crippen molar-refractivity contribution in [3.05, 3.63) is 41.5 Å². The van der Waals surface area contributed by atoms with Gasteiger partial charge in [-0.2, -0.15) is 0 Å². The van der Waals surface area contributed by atoms with E-state index in [9.17, 15) is 9.59 Å². The van der Waals surface area contributed by atoms with Gasteiger partial charge in [-0.3, -0.25) is 4.79 Å². The van der Waals surface area contributed by atoms with Gasteiger partial charge in [0.1, 0.15) is 0 Å². The van der Waals surface area contributed by atoms with Crippen LogP contribution in [-0.2, 0) is 0 Å². The maximum atomic E-state index is 12.4. The Morgan fingerprint density at radius 3 is 2.56 bits per heavy atom. The number of rotatable bonds is 5. The molecule has 2 rings (SSSR count). The van der Waals surface area contributed by atoms with Gasteiger partial charge in [0.05, 0.1) is 11.3 Å². The number of carbonyl (C=O) groups excluding carboxylic acids is 2. The molecule has 0 saturated carbocycles. The third-order valence-corrected chi connectivity index (χ3v) is 4.03. The van der Waals surface area contributed by atoms with E-state index in [1.807, 2.05) is 20.8 Å².